The second-order valence-corrected chi connectivity index (χ2v) is 4.89. The number of nitrogens with zero attached hydrogens (tertiary/aromatic N) is 4. The first-order valence-electron chi connectivity index (χ1n) is 5.43. The Hall–Kier alpha value is -1.40. The van der Waals surface area contributed by atoms with Crippen LogP contribution in [0.5, 0.6) is 0 Å². The van der Waals surface area contributed by atoms with Crippen molar-refractivity contribution in [3.8, 4) is 0 Å². The average Bonchev–Trinajstić information content (AvgIpc) is 2.65. The SMILES string of the molecule is [N-]=[N+]=N[C@@]1(CI)O[C@@H](n2ccc(=O)[nH]c2=O)[C@H](O)[C@@H]1O. The molecule has 20 heavy (non-hydrogen) atoms. The number of azide groups is 1. The number of H-pyrrole nitrogens is 1. The highest BCUT2D eigenvalue weighted by atomic mass is 127. The smallest absolute Gasteiger partial charge is 0.330 e. The quantitative estimate of drug-likeness (QED) is 0.202. The molecule has 10 nitrogen and oxygen atoms in total. The number of alkyl halides is 1. The van der Waals surface area contributed by atoms with Crippen LogP contribution in [0.25, 0.3) is 10.4 Å². The van der Waals surface area contributed by atoms with Crippen molar-refractivity contribution in [1.82, 2.24) is 9.55 Å². The molecule has 0 aliphatic carbocycles. The van der Waals surface area contributed by atoms with Crippen molar-refractivity contribution in [1.29, 1.82) is 0 Å². The number of halogens is 1. The first-order valence-corrected chi connectivity index (χ1v) is 6.95. The maximum absolute atomic E-state index is 11.7. The van der Waals surface area contributed by atoms with E-state index in [4.69, 9.17) is 10.3 Å². The van der Waals surface area contributed by atoms with E-state index in [2.05, 4.69) is 10.0 Å². The zero-order chi connectivity index (χ0) is 14.9. The van der Waals surface area contributed by atoms with Crippen LogP contribution in [0.3, 0.4) is 0 Å². The van der Waals surface area contributed by atoms with Crippen LogP contribution in [0.15, 0.2) is 27.0 Å². The van der Waals surface area contributed by atoms with Gasteiger partial charge in [0.1, 0.15) is 12.2 Å². The number of aliphatic hydroxyl groups excluding tert-OH is 2. The van der Waals surface area contributed by atoms with Crippen molar-refractivity contribution < 1.29 is 14.9 Å². The molecule has 11 heteroatoms. The predicted molar refractivity (Wildman–Crippen MR) is 74.2 cm³/mol. The van der Waals surface area contributed by atoms with Gasteiger partial charge in [-0.05, 0) is 5.53 Å². The maximum Gasteiger partial charge on any atom is 0.330 e. The molecule has 2 rings (SSSR count). The van der Waals surface area contributed by atoms with Crippen LogP contribution in [-0.2, 0) is 4.74 Å². The Labute approximate surface area is 124 Å². The lowest BCUT2D eigenvalue weighted by molar-refractivity contribution is -0.0854. The van der Waals surface area contributed by atoms with Gasteiger partial charge in [0.25, 0.3) is 5.56 Å². The minimum absolute atomic E-state index is 0.0711. The molecule has 2 heterocycles. The fourth-order valence-electron chi connectivity index (χ4n) is 1.92. The summed E-state index contributed by atoms with van der Waals surface area (Å²) in [5.41, 5.74) is 5.46. The number of rotatable bonds is 3. The standard InChI is InChI=1S/C9H10IN5O5/c10-3-9(13-14-11)6(18)5(17)7(20-9)15-2-1-4(16)12-8(15)19/h1-2,5-7,17-18H,3H2,(H,12,16,19)/t5-,6+,7-,9+/m1/s1. The zero-order valence-electron chi connectivity index (χ0n) is 9.88. The molecule has 0 saturated carbocycles. The molecule has 0 unspecified atom stereocenters. The van der Waals surface area contributed by atoms with Gasteiger partial charge in [0.15, 0.2) is 12.0 Å². The van der Waals surface area contributed by atoms with E-state index in [9.17, 15) is 19.8 Å². The Morgan fingerprint density at radius 3 is 2.85 bits per heavy atom. The van der Waals surface area contributed by atoms with E-state index in [0.29, 0.717) is 0 Å². The van der Waals surface area contributed by atoms with E-state index >= 15 is 0 Å². The van der Waals surface area contributed by atoms with Gasteiger partial charge in [-0.1, -0.05) is 27.7 Å². The molecule has 0 aromatic carbocycles. The van der Waals surface area contributed by atoms with Crippen molar-refractivity contribution in [3.63, 3.8) is 0 Å². The summed E-state index contributed by atoms with van der Waals surface area (Å²) in [6.45, 7) is 0. The van der Waals surface area contributed by atoms with Crippen molar-refractivity contribution in [2.45, 2.75) is 24.2 Å². The van der Waals surface area contributed by atoms with Gasteiger partial charge in [-0.15, -0.1) is 0 Å². The van der Waals surface area contributed by atoms with Crippen LogP contribution < -0.4 is 11.2 Å². The topological polar surface area (TPSA) is 153 Å². The van der Waals surface area contributed by atoms with Crippen molar-refractivity contribution in [3.05, 3.63) is 43.5 Å². The van der Waals surface area contributed by atoms with Crippen LogP contribution in [-0.4, -0.2) is 42.1 Å². The second-order valence-electron chi connectivity index (χ2n) is 4.13. The Morgan fingerprint density at radius 2 is 2.30 bits per heavy atom. The van der Waals surface area contributed by atoms with Crippen LogP contribution in [0.4, 0.5) is 0 Å². The van der Waals surface area contributed by atoms with Gasteiger partial charge in [0.2, 0.25) is 0 Å². The van der Waals surface area contributed by atoms with Gasteiger partial charge in [-0.2, -0.15) is 0 Å². The largest absolute Gasteiger partial charge is 0.387 e. The van der Waals surface area contributed by atoms with Gasteiger partial charge in [-0.3, -0.25) is 14.3 Å². The molecule has 4 atom stereocenters. The molecule has 1 aliphatic rings. The number of hydrogen-bond donors (Lipinski definition) is 3. The molecule has 1 aromatic heterocycles. The van der Waals surface area contributed by atoms with E-state index in [-0.39, 0.29) is 4.43 Å². The molecule has 3 N–H and O–H groups in total. The van der Waals surface area contributed by atoms with Gasteiger partial charge >= 0.3 is 5.69 Å². The van der Waals surface area contributed by atoms with Crippen LogP contribution in [0.1, 0.15) is 6.23 Å². The normalized spacial score (nSPS) is 32.9. The third-order valence-electron chi connectivity index (χ3n) is 2.93. The number of aliphatic hydroxyl groups is 2. The number of ether oxygens (including phenoxy) is 1. The highest BCUT2D eigenvalue weighted by Crippen LogP contribution is 2.38. The molecule has 0 radical (unpaired) electrons. The summed E-state index contributed by atoms with van der Waals surface area (Å²) in [6, 6.07) is 1.07. The van der Waals surface area contributed by atoms with Gasteiger partial charge in [0, 0.05) is 21.6 Å². The summed E-state index contributed by atoms with van der Waals surface area (Å²) in [4.78, 5) is 27.3. The molecule has 1 fully saturated rings. The predicted octanol–water partition coefficient (Wildman–Crippen LogP) is -0.771. The van der Waals surface area contributed by atoms with Gasteiger partial charge in [0.05, 0.1) is 0 Å². The van der Waals surface area contributed by atoms with Crippen LogP contribution in [0.2, 0.25) is 0 Å². The van der Waals surface area contributed by atoms with Gasteiger partial charge in [-0.25, -0.2) is 4.79 Å². The fraction of sp³-hybridized carbons (Fsp3) is 0.556. The number of aromatic amines is 1. The first kappa shape index (κ1) is 15.0. The lowest BCUT2D eigenvalue weighted by Gasteiger charge is -2.23. The number of aromatic nitrogens is 2. The Balaban J connectivity index is 2.47. The summed E-state index contributed by atoms with van der Waals surface area (Å²) in [6.07, 6.45) is -3.13. The summed E-state index contributed by atoms with van der Waals surface area (Å²) in [7, 11) is 0. The minimum atomic E-state index is -1.67. The van der Waals surface area contributed by atoms with E-state index < -0.39 is 35.4 Å². The molecule has 0 amide bonds. The van der Waals surface area contributed by atoms with E-state index in [1.165, 1.54) is 0 Å². The highest BCUT2D eigenvalue weighted by Gasteiger charge is 2.54. The molecule has 0 spiro atoms. The molecule has 1 saturated heterocycles. The first-order chi connectivity index (χ1) is 9.45. The van der Waals surface area contributed by atoms with Crippen LogP contribution in [0, 0.1) is 0 Å². The third-order valence-corrected chi connectivity index (χ3v) is 4.03. The lowest BCUT2D eigenvalue weighted by Crippen LogP contribution is -2.42. The van der Waals surface area contributed by atoms with E-state index in [1.807, 2.05) is 27.6 Å². The van der Waals surface area contributed by atoms with E-state index in [1.54, 1.807) is 0 Å². The van der Waals surface area contributed by atoms with Crippen molar-refractivity contribution >= 4 is 22.6 Å². The van der Waals surface area contributed by atoms with E-state index in [0.717, 1.165) is 16.8 Å². The molecular formula is C9H10IN5O5. The summed E-state index contributed by atoms with van der Waals surface area (Å²) < 4.78 is 6.37. The molecular weight excluding hydrogens is 385 g/mol. The van der Waals surface area contributed by atoms with Crippen molar-refractivity contribution in [2.24, 2.45) is 5.11 Å². The highest BCUT2D eigenvalue weighted by molar-refractivity contribution is 14.1. The van der Waals surface area contributed by atoms with Gasteiger partial charge < -0.3 is 14.9 Å². The monoisotopic (exact) mass is 395 g/mol. The summed E-state index contributed by atoms with van der Waals surface area (Å²) in [5.74, 6) is 0. The zero-order valence-corrected chi connectivity index (χ0v) is 12.0. The molecule has 1 aliphatic heterocycles. The fourth-order valence-corrected chi connectivity index (χ4v) is 2.70. The summed E-state index contributed by atoms with van der Waals surface area (Å²) >= 11 is 1.83. The molecule has 0 bridgehead atoms. The summed E-state index contributed by atoms with van der Waals surface area (Å²) in [5, 5.41) is 23.4. The number of nitrogens with one attached hydrogen (secondary N) is 1. The Kier molecular flexibility index (Phi) is 4.15. The molecule has 1 aromatic rings. The minimum Gasteiger partial charge on any atom is -0.387 e. The third kappa shape index (κ3) is 2.33. The number of hydrogen-bond acceptors (Lipinski definition) is 6. The van der Waals surface area contributed by atoms with Crippen molar-refractivity contribution in [2.75, 3.05) is 4.43 Å². The second kappa shape index (κ2) is 5.54. The molecule has 108 valence electrons. The average molecular weight is 395 g/mol. The maximum atomic E-state index is 11.7. The Bertz CT molecular complexity index is 667. The lowest BCUT2D eigenvalue weighted by atomic mass is 10.1. The van der Waals surface area contributed by atoms with Crippen LogP contribution >= 0.6 is 22.6 Å². The Morgan fingerprint density at radius 1 is 1.60 bits per heavy atom.